The van der Waals surface area contributed by atoms with Crippen molar-refractivity contribution in [2.24, 2.45) is 0 Å². The predicted molar refractivity (Wildman–Crippen MR) is 54.1 cm³/mol. The van der Waals surface area contributed by atoms with Gasteiger partial charge in [-0.05, 0) is 12.1 Å². The molecule has 4 nitrogen and oxygen atoms in total. The van der Waals surface area contributed by atoms with E-state index in [0.717, 1.165) is 11.4 Å². The van der Waals surface area contributed by atoms with E-state index in [2.05, 4.69) is 15.4 Å². The molecule has 0 spiro atoms. The fourth-order valence-electron chi connectivity index (χ4n) is 1.50. The van der Waals surface area contributed by atoms with Crippen LogP contribution < -0.4 is 10.6 Å². The first-order valence-corrected chi connectivity index (χ1v) is 4.48. The highest BCUT2D eigenvalue weighted by Gasteiger charge is 2.21. The summed E-state index contributed by atoms with van der Waals surface area (Å²) in [6, 6.07) is 7.85. The third-order valence-electron chi connectivity index (χ3n) is 2.18. The Morgan fingerprint density at radius 2 is 1.93 bits per heavy atom. The number of hydrogen-bond acceptors (Lipinski definition) is 4. The van der Waals surface area contributed by atoms with Crippen molar-refractivity contribution in [3.05, 3.63) is 24.3 Å². The molecule has 1 aliphatic rings. The maximum absolute atomic E-state index is 11.0. The molecule has 0 saturated carbocycles. The summed E-state index contributed by atoms with van der Waals surface area (Å²) < 4.78 is 4.59. The van der Waals surface area contributed by atoms with Crippen LogP contribution in [-0.4, -0.2) is 19.2 Å². The van der Waals surface area contributed by atoms with Crippen LogP contribution in [0.1, 0.15) is 6.42 Å². The van der Waals surface area contributed by atoms with Gasteiger partial charge >= 0.3 is 5.97 Å². The zero-order valence-corrected chi connectivity index (χ0v) is 7.91. The second-order valence-corrected chi connectivity index (χ2v) is 3.17. The van der Waals surface area contributed by atoms with Gasteiger partial charge in [0.05, 0.1) is 24.9 Å². The number of carbonyl (C=O) groups is 1. The molecule has 0 saturated heterocycles. The number of ether oxygens (including phenoxy) is 1. The Kier molecular flexibility index (Phi) is 2.26. The first kappa shape index (κ1) is 8.87. The fraction of sp³-hybridized carbons (Fsp3) is 0.300. The summed E-state index contributed by atoms with van der Waals surface area (Å²) in [7, 11) is 1.39. The molecule has 1 aromatic rings. The number of benzene rings is 1. The van der Waals surface area contributed by atoms with E-state index in [1.54, 1.807) is 0 Å². The second-order valence-electron chi connectivity index (χ2n) is 3.17. The number of anilines is 2. The number of nitrogens with one attached hydrogen (secondary N) is 2. The van der Waals surface area contributed by atoms with Crippen LogP contribution in [0.5, 0.6) is 0 Å². The number of rotatable bonds is 2. The molecule has 0 aromatic heterocycles. The summed E-state index contributed by atoms with van der Waals surface area (Å²) in [5, 5.41) is 6.38. The normalized spacial score (nSPS) is 14.1. The molecule has 0 radical (unpaired) electrons. The van der Waals surface area contributed by atoms with Crippen LogP contribution in [0.25, 0.3) is 0 Å². The Bertz CT molecular complexity index is 327. The number of fused-ring (bicyclic) bond motifs is 1. The minimum Gasteiger partial charge on any atom is -0.469 e. The lowest BCUT2D eigenvalue weighted by molar-refractivity contribution is -0.140. The standard InChI is InChI=1S/C10H12N2O2/c1-14-10(13)6-9-11-7-4-2-3-5-8(7)12-9/h2-5,9,11-12H,6H2,1H3. The highest BCUT2D eigenvalue weighted by molar-refractivity contribution is 5.78. The van der Waals surface area contributed by atoms with Gasteiger partial charge in [0, 0.05) is 0 Å². The van der Waals surface area contributed by atoms with E-state index in [0.29, 0.717) is 6.42 Å². The van der Waals surface area contributed by atoms with Crippen LogP contribution in [-0.2, 0) is 9.53 Å². The fourth-order valence-corrected chi connectivity index (χ4v) is 1.50. The maximum Gasteiger partial charge on any atom is 0.309 e. The van der Waals surface area contributed by atoms with Crippen molar-refractivity contribution in [3.8, 4) is 0 Å². The van der Waals surface area contributed by atoms with E-state index in [-0.39, 0.29) is 12.1 Å². The summed E-state index contributed by atoms with van der Waals surface area (Å²) in [4.78, 5) is 11.0. The van der Waals surface area contributed by atoms with E-state index in [1.807, 2.05) is 24.3 Å². The number of methoxy groups -OCH3 is 1. The zero-order chi connectivity index (χ0) is 9.97. The average Bonchev–Trinajstić information content (AvgIpc) is 2.59. The van der Waals surface area contributed by atoms with Crippen molar-refractivity contribution in [2.45, 2.75) is 12.6 Å². The number of esters is 1. The van der Waals surface area contributed by atoms with Gasteiger partial charge < -0.3 is 15.4 Å². The van der Waals surface area contributed by atoms with Crippen molar-refractivity contribution in [3.63, 3.8) is 0 Å². The lowest BCUT2D eigenvalue weighted by atomic mass is 10.3. The van der Waals surface area contributed by atoms with E-state index >= 15 is 0 Å². The first-order valence-electron chi connectivity index (χ1n) is 4.48. The van der Waals surface area contributed by atoms with E-state index in [9.17, 15) is 4.79 Å². The second kappa shape index (κ2) is 3.57. The lowest BCUT2D eigenvalue weighted by Crippen LogP contribution is -2.26. The Balaban J connectivity index is 2.01. The van der Waals surface area contributed by atoms with Gasteiger partial charge in [0.2, 0.25) is 0 Å². The Morgan fingerprint density at radius 1 is 1.36 bits per heavy atom. The van der Waals surface area contributed by atoms with Gasteiger partial charge in [0.1, 0.15) is 6.17 Å². The van der Waals surface area contributed by atoms with Gasteiger partial charge in [0.15, 0.2) is 0 Å². The summed E-state index contributed by atoms with van der Waals surface area (Å²) in [6.45, 7) is 0. The van der Waals surface area contributed by atoms with Crippen LogP contribution in [0.15, 0.2) is 24.3 Å². The van der Waals surface area contributed by atoms with E-state index < -0.39 is 0 Å². The lowest BCUT2D eigenvalue weighted by Gasteiger charge is -2.09. The number of hydrogen-bond donors (Lipinski definition) is 2. The quantitative estimate of drug-likeness (QED) is 0.696. The maximum atomic E-state index is 11.0. The Hall–Kier alpha value is -1.71. The van der Waals surface area contributed by atoms with Crippen molar-refractivity contribution in [1.82, 2.24) is 0 Å². The predicted octanol–water partition coefficient (Wildman–Crippen LogP) is 1.41. The van der Waals surface area contributed by atoms with Gasteiger partial charge in [-0.1, -0.05) is 12.1 Å². The van der Waals surface area contributed by atoms with Crippen LogP contribution in [0.2, 0.25) is 0 Å². The summed E-state index contributed by atoms with van der Waals surface area (Å²) in [6.07, 6.45) is 0.269. The number of para-hydroxylation sites is 2. The number of carbonyl (C=O) groups excluding carboxylic acids is 1. The van der Waals surface area contributed by atoms with E-state index in [1.165, 1.54) is 7.11 Å². The highest BCUT2D eigenvalue weighted by Crippen LogP contribution is 2.28. The Morgan fingerprint density at radius 3 is 2.43 bits per heavy atom. The van der Waals surface area contributed by atoms with Gasteiger partial charge in [-0.3, -0.25) is 4.79 Å². The molecule has 0 atom stereocenters. The van der Waals surface area contributed by atoms with Crippen LogP contribution in [0.4, 0.5) is 11.4 Å². The van der Waals surface area contributed by atoms with E-state index in [4.69, 9.17) is 0 Å². The Labute approximate surface area is 82.3 Å². The zero-order valence-electron chi connectivity index (χ0n) is 7.91. The van der Waals surface area contributed by atoms with Gasteiger partial charge in [-0.25, -0.2) is 0 Å². The van der Waals surface area contributed by atoms with Crippen LogP contribution in [0.3, 0.4) is 0 Å². The van der Waals surface area contributed by atoms with Crippen molar-refractivity contribution < 1.29 is 9.53 Å². The summed E-state index contributed by atoms with van der Waals surface area (Å²) >= 11 is 0. The molecule has 0 aliphatic carbocycles. The largest absolute Gasteiger partial charge is 0.469 e. The van der Waals surface area contributed by atoms with Gasteiger partial charge in [-0.15, -0.1) is 0 Å². The smallest absolute Gasteiger partial charge is 0.309 e. The third kappa shape index (κ3) is 1.64. The summed E-state index contributed by atoms with van der Waals surface area (Å²) in [5.41, 5.74) is 2.06. The molecular weight excluding hydrogens is 180 g/mol. The van der Waals surface area contributed by atoms with Crippen molar-refractivity contribution in [2.75, 3.05) is 17.7 Å². The van der Waals surface area contributed by atoms with Crippen molar-refractivity contribution in [1.29, 1.82) is 0 Å². The minimum absolute atomic E-state index is 0.0557. The van der Waals surface area contributed by atoms with Gasteiger partial charge in [0.25, 0.3) is 0 Å². The molecule has 14 heavy (non-hydrogen) atoms. The minimum atomic E-state index is -0.220. The van der Waals surface area contributed by atoms with Crippen LogP contribution >= 0.6 is 0 Å². The molecule has 2 rings (SSSR count). The van der Waals surface area contributed by atoms with Crippen LogP contribution in [0, 0.1) is 0 Å². The van der Waals surface area contributed by atoms with Crippen molar-refractivity contribution >= 4 is 17.3 Å². The highest BCUT2D eigenvalue weighted by atomic mass is 16.5. The SMILES string of the molecule is COC(=O)CC1Nc2ccccc2N1. The topological polar surface area (TPSA) is 50.4 Å². The molecule has 0 fully saturated rings. The molecule has 1 aliphatic heterocycles. The molecule has 0 bridgehead atoms. The molecular formula is C10H12N2O2. The molecule has 1 heterocycles. The molecule has 4 heteroatoms. The summed E-state index contributed by atoms with van der Waals surface area (Å²) in [5.74, 6) is -0.220. The average molecular weight is 192 g/mol. The third-order valence-corrected chi connectivity index (χ3v) is 2.18. The first-order chi connectivity index (χ1) is 6.79. The monoisotopic (exact) mass is 192 g/mol. The molecule has 2 N–H and O–H groups in total. The molecule has 1 aromatic carbocycles. The molecule has 0 amide bonds. The molecule has 74 valence electrons. The van der Waals surface area contributed by atoms with Gasteiger partial charge in [-0.2, -0.15) is 0 Å². The molecule has 0 unspecified atom stereocenters.